The Bertz CT molecular complexity index is 130. The monoisotopic (exact) mass is 212 g/mol. The third kappa shape index (κ3) is 65.2. The molecule has 4 nitrogen and oxygen atoms in total. The predicted molar refractivity (Wildman–Crippen MR) is 61.8 cm³/mol. The summed E-state index contributed by atoms with van der Waals surface area (Å²) in [5.41, 5.74) is 0. The van der Waals surface area contributed by atoms with Gasteiger partial charge >= 0.3 is 0 Å². The maximum absolute atomic E-state index is 8.24. The molecule has 0 aromatic carbocycles. The van der Waals surface area contributed by atoms with Crippen molar-refractivity contribution in [3.63, 3.8) is 0 Å². The second-order valence-electron chi connectivity index (χ2n) is 3.01. The van der Waals surface area contributed by atoms with E-state index >= 15 is 0 Å². The van der Waals surface area contributed by atoms with Crippen LogP contribution in [0.2, 0.25) is 0 Å². The van der Waals surface area contributed by atoms with E-state index in [-0.39, 0.29) is 0 Å². The fourth-order valence-electron chi connectivity index (χ4n) is 1.06. The molecular weight excluding hydrogens is 192 g/mol. The van der Waals surface area contributed by atoms with E-state index in [4.69, 9.17) is 20.4 Å². The largest absolute Gasteiger partial charge is 0.724 e. The second-order valence-corrected chi connectivity index (χ2v) is 3.01. The van der Waals surface area contributed by atoms with Crippen molar-refractivity contribution in [3.8, 4) is 0 Å². The van der Waals surface area contributed by atoms with Crippen LogP contribution < -0.4 is 0 Å². The van der Waals surface area contributed by atoms with E-state index in [2.05, 4.69) is 13.8 Å². The van der Waals surface area contributed by atoms with Crippen LogP contribution in [0.4, 0.5) is 0 Å². The van der Waals surface area contributed by atoms with Crippen molar-refractivity contribution < 1.29 is 9.59 Å². The zero-order valence-corrected chi connectivity index (χ0v) is 9.66. The van der Waals surface area contributed by atoms with Gasteiger partial charge in [0.05, 0.1) is 0 Å². The molecule has 1 aliphatic rings. The van der Waals surface area contributed by atoms with E-state index < -0.39 is 0 Å². The molecule has 1 saturated carbocycles. The molecular formula is C11H20N2O2-2. The average Bonchev–Trinajstić information content (AvgIpc) is 2.24. The molecule has 0 atom stereocenters. The van der Waals surface area contributed by atoms with Crippen LogP contribution in [0.15, 0.2) is 0 Å². The molecule has 1 aliphatic carbocycles. The van der Waals surface area contributed by atoms with Crippen molar-refractivity contribution in [1.82, 2.24) is 0 Å². The molecule has 88 valence electrons. The van der Waals surface area contributed by atoms with E-state index in [1.165, 1.54) is 44.9 Å². The molecule has 0 bridgehead atoms. The normalized spacial score (nSPS) is 11.9. The maximum Gasteiger partial charge on any atom is -0.0159 e. The SMILES string of the molecule is C1CCCCC1.CCC.[N-]=C=O.[N-]=C=O. The summed E-state index contributed by atoms with van der Waals surface area (Å²) in [5, 5.41) is 13.5. The molecule has 0 heterocycles. The Morgan fingerprint density at radius 1 is 0.800 bits per heavy atom. The molecule has 0 amide bonds. The summed E-state index contributed by atoms with van der Waals surface area (Å²) in [4.78, 5) is 16.5. The van der Waals surface area contributed by atoms with E-state index in [0.717, 1.165) is 0 Å². The fraction of sp³-hybridized carbons (Fsp3) is 0.818. The second kappa shape index (κ2) is 29.3. The third-order valence-electron chi connectivity index (χ3n) is 1.50. The van der Waals surface area contributed by atoms with E-state index in [9.17, 15) is 0 Å². The van der Waals surface area contributed by atoms with Crippen LogP contribution in [0.5, 0.6) is 0 Å². The van der Waals surface area contributed by atoms with Crippen LogP contribution in [0.25, 0.3) is 10.8 Å². The Kier molecular flexibility index (Phi) is 37.8. The van der Waals surface area contributed by atoms with Gasteiger partial charge in [0, 0.05) is 0 Å². The molecule has 0 spiro atoms. The van der Waals surface area contributed by atoms with E-state index in [1.807, 2.05) is 0 Å². The van der Waals surface area contributed by atoms with Crippen molar-refractivity contribution in [3.05, 3.63) is 10.8 Å². The zero-order valence-electron chi connectivity index (χ0n) is 9.66. The van der Waals surface area contributed by atoms with Gasteiger partial charge in [-0.15, -0.1) is 0 Å². The van der Waals surface area contributed by atoms with Crippen LogP contribution in [-0.4, -0.2) is 12.2 Å². The van der Waals surface area contributed by atoms with Crippen LogP contribution >= 0.6 is 0 Å². The molecule has 0 aromatic rings. The topological polar surface area (TPSA) is 78.7 Å². The lowest BCUT2D eigenvalue weighted by Crippen LogP contribution is -1.85. The highest BCUT2D eigenvalue weighted by molar-refractivity contribution is 5.37. The fourth-order valence-corrected chi connectivity index (χ4v) is 1.06. The molecule has 0 aliphatic heterocycles. The standard InChI is InChI=1S/C6H12.C3H8.2CNO/c1-2-4-6-5-3-1;1-3-2;2*2-1-3/h1-6H2;3H2,1-2H3;;/q;;2*-1. The van der Waals surface area contributed by atoms with E-state index in [1.54, 1.807) is 0 Å². The van der Waals surface area contributed by atoms with Gasteiger partial charge in [-0.2, -0.15) is 0 Å². The molecule has 1 fully saturated rings. The number of nitrogens with zero attached hydrogens (tertiary/aromatic N) is 2. The van der Waals surface area contributed by atoms with Gasteiger partial charge < -0.3 is 10.8 Å². The zero-order chi connectivity index (χ0) is 12.4. The number of hydrogen-bond acceptors (Lipinski definition) is 2. The Hall–Kier alpha value is -1.24. The number of isocyanates is 2. The highest BCUT2D eigenvalue weighted by Gasteiger charge is 1.95. The predicted octanol–water partition coefficient (Wildman–Crippen LogP) is 3.54. The van der Waals surface area contributed by atoms with Crippen LogP contribution in [-0.2, 0) is 9.59 Å². The lowest BCUT2D eigenvalue weighted by molar-refractivity contribution is 0.504. The van der Waals surface area contributed by atoms with Gasteiger partial charge in [0.15, 0.2) is 0 Å². The van der Waals surface area contributed by atoms with Crippen molar-refractivity contribution in [2.24, 2.45) is 0 Å². The molecule has 0 unspecified atom stereocenters. The van der Waals surface area contributed by atoms with E-state index in [0.29, 0.717) is 12.2 Å². The summed E-state index contributed by atoms with van der Waals surface area (Å²) in [6, 6.07) is 0. The summed E-state index contributed by atoms with van der Waals surface area (Å²) in [5.74, 6) is 0. The molecule has 4 heteroatoms. The summed E-state index contributed by atoms with van der Waals surface area (Å²) in [7, 11) is 0. The Balaban J connectivity index is -0.000000140. The van der Waals surface area contributed by atoms with Gasteiger partial charge in [0.25, 0.3) is 0 Å². The van der Waals surface area contributed by atoms with Gasteiger partial charge in [-0.05, 0) is 12.2 Å². The van der Waals surface area contributed by atoms with Gasteiger partial charge in [0.2, 0.25) is 0 Å². The Morgan fingerprint density at radius 3 is 0.933 bits per heavy atom. The van der Waals surface area contributed by atoms with Crippen LogP contribution in [0.1, 0.15) is 58.8 Å². The lowest BCUT2D eigenvalue weighted by Gasteiger charge is -2.05. The van der Waals surface area contributed by atoms with Crippen molar-refractivity contribution in [1.29, 1.82) is 0 Å². The molecule has 15 heavy (non-hydrogen) atoms. The number of rotatable bonds is 0. The first-order chi connectivity index (χ1) is 7.24. The highest BCUT2D eigenvalue weighted by Crippen LogP contribution is 2.15. The smallest absolute Gasteiger partial charge is 0.0159 e. The third-order valence-corrected chi connectivity index (χ3v) is 1.50. The quantitative estimate of drug-likeness (QED) is 0.454. The summed E-state index contributed by atoms with van der Waals surface area (Å²) < 4.78 is 0. The van der Waals surface area contributed by atoms with Crippen LogP contribution in [0.3, 0.4) is 0 Å². The van der Waals surface area contributed by atoms with Gasteiger partial charge in [-0.3, -0.25) is 9.59 Å². The molecule has 0 N–H and O–H groups in total. The number of carbonyl (C=O) groups excluding carboxylic acids is 2. The van der Waals surface area contributed by atoms with Crippen molar-refractivity contribution in [2.75, 3.05) is 0 Å². The summed E-state index contributed by atoms with van der Waals surface area (Å²) in [6.07, 6.45) is 11.2. The van der Waals surface area contributed by atoms with Crippen molar-refractivity contribution in [2.45, 2.75) is 58.8 Å². The minimum absolute atomic E-state index is 0.500. The highest BCUT2D eigenvalue weighted by atomic mass is 16.1. The first kappa shape index (κ1) is 19.4. The lowest BCUT2D eigenvalue weighted by atomic mass is 10.0. The first-order valence-corrected chi connectivity index (χ1v) is 5.27. The Labute approximate surface area is 92.1 Å². The molecule has 1 rings (SSSR count). The maximum atomic E-state index is 8.24. The van der Waals surface area contributed by atoms with Gasteiger partial charge in [0.1, 0.15) is 0 Å². The van der Waals surface area contributed by atoms with Gasteiger partial charge in [-0.1, -0.05) is 58.8 Å². The first-order valence-electron chi connectivity index (χ1n) is 5.27. The summed E-state index contributed by atoms with van der Waals surface area (Å²) >= 11 is 0. The van der Waals surface area contributed by atoms with Crippen LogP contribution in [0, 0.1) is 0 Å². The average molecular weight is 212 g/mol. The minimum atomic E-state index is 0.500. The Morgan fingerprint density at radius 2 is 0.867 bits per heavy atom. The van der Waals surface area contributed by atoms with Gasteiger partial charge in [-0.25, -0.2) is 0 Å². The molecule has 0 radical (unpaired) electrons. The van der Waals surface area contributed by atoms with Crippen molar-refractivity contribution >= 4 is 12.2 Å². The number of hydrogen-bond donors (Lipinski definition) is 0. The molecule has 0 saturated heterocycles. The summed E-state index contributed by atoms with van der Waals surface area (Å²) in [6.45, 7) is 4.25. The minimum Gasteiger partial charge on any atom is -0.724 e. The molecule has 0 aromatic heterocycles.